The van der Waals surface area contributed by atoms with E-state index in [1.54, 1.807) is 18.3 Å². The predicted octanol–water partition coefficient (Wildman–Crippen LogP) is 5.10. The van der Waals surface area contributed by atoms with Gasteiger partial charge in [0, 0.05) is 11.2 Å². The van der Waals surface area contributed by atoms with Gasteiger partial charge in [0.25, 0.3) is 0 Å². The van der Waals surface area contributed by atoms with Crippen LogP contribution in [0.25, 0.3) is 0 Å². The summed E-state index contributed by atoms with van der Waals surface area (Å²) in [6.07, 6.45) is 1.66. The van der Waals surface area contributed by atoms with Crippen molar-refractivity contribution in [3.63, 3.8) is 0 Å². The average Bonchev–Trinajstić information content (AvgIpc) is 2.35. The molecule has 0 unspecified atom stereocenters. The Balaban J connectivity index is 2.26. The number of aliphatic imine (C=N–C) groups is 1. The van der Waals surface area contributed by atoms with Gasteiger partial charge in [-0.2, -0.15) is 0 Å². The molecule has 0 spiro atoms. The molecule has 2 aromatic rings. The SMILES string of the molecule is Oc1c(Cl)cc(N=Cc2ccc(Cl)cc2)cc1Cl. The summed E-state index contributed by atoms with van der Waals surface area (Å²) in [5, 5.41) is 10.4. The number of rotatable bonds is 2. The lowest BCUT2D eigenvalue weighted by molar-refractivity contribution is 0.476. The summed E-state index contributed by atoms with van der Waals surface area (Å²) >= 11 is 17.4. The summed E-state index contributed by atoms with van der Waals surface area (Å²) < 4.78 is 0. The van der Waals surface area contributed by atoms with E-state index in [-0.39, 0.29) is 15.8 Å². The number of nitrogens with zero attached hydrogens (tertiary/aromatic N) is 1. The minimum absolute atomic E-state index is 0.135. The average molecular weight is 301 g/mol. The Labute approximate surface area is 119 Å². The first kappa shape index (κ1) is 13.2. The Kier molecular flexibility index (Phi) is 4.12. The molecule has 5 heteroatoms. The molecular formula is C13H8Cl3NO. The maximum atomic E-state index is 9.42. The van der Waals surface area contributed by atoms with Gasteiger partial charge in [-0.05, 0) is 29.8 Å². The lowest BCUT2D eigenvalue weighted by atomic mass is 10.2. The van der Waals surface area contributed by atoms with E-state index in [1.807, 2.05) is 12.1 Å². The van der Waals surface area contributed by atoms with Crippen LogP contribution < -0.4 is 0 Å². The molecule has 0 heterocycles. The first-order valence-corrected chi connectivity index (χ1v) is 6.17. The van der Waals surface area contributed by atoms with Crippen LogP contribution in [-0.2, 0) is 0 Å². The Bertz CT molecular complexity index is 571. The third-order valence-corrected chi connectivity index (χ3v) is 3.06. The Hall–Kier alpha value is -1.22. The molecular weight excluding hydrogens is 293 g/mol. The third-order valence-electron chi connectivity index (χ3n) is 2.23. The Morgan fingerprint density at radius 3 is 2.06 bits per heavy atom. The molecule has 0 aromatic heterocycles. The Morgan fingerprint density at radius 2 is 1.50 bits per heavy atom. The molecule has 0 aliphatic rings. The molecule has 2 aromatic carbocycles. The van der Waals surface area contributed by atoms with Gasteiger partial charge in [0.05, 0.1) is 15.7 Å². The third kappa shape index (κ3) is 3.16. The highest BCUT2D eigenvalue weighted by Crippen LogP contribution is 2.35. The van der Waals surface area contributed by atoms with Crippen molar-refractivity contribution in [1.82, 2.24) is 0 Å². The van der Waals surface area contributed by atoms with Crippen LogP contribution in [0.2, 0.25) is 15.1 Å². The van der Waals surface area contributed by atoms with Crippen LogP contribution in [0, 0.1) is 0 Å². The van der Waals surface area contributed by atoms with E-state index < -0.39 is 0 Å². The van der Waals surface area contributed by atoms with Crippen LogP contribution in [0.15, 0.2) is 41.4 Å². The maximum Gasteiger partial charge on any atom is 0.152 e. The van der Waals surface area contributed by atoms with Crippen molar-refractivity contribution in [3.8, 4) is 5.75 Å². The molecule has 0 fully saturated rings. The fraction of sp³-hybridized carbons (Fsp3) is 0. The van der Waals surface area contributed by atoms with Gasteiger partial charge in [-0.25, -0.2) is 0 Å². The first-order chi connectivity index (χ1) is 8.56. The van der Waals surface area contributed by atoms with Crippen molar-refractivity contribution in [2.24, 2.45) is 4.99 Å². The highest BCUT2D eigenvalue weighted by molar-refractivity contribution is 6.37. The first-order valence-electron chi connectivity index (χ1n) is 5.04. The highest BCUT2D eigenvalue weighted by Gasteiger charge is 2.05. The number of phenolic OH excluding ortho intramolecular Hbond substituents is 1. The standard InChI is InChI=1S/C13H8Cl3NO/c14-9-3-1-8(2-4-9)7-17-10-5-11(15)13(18)12(16)6-10/h1-7,18H. The molecule has 0 saturated heterocycles. The zero-order valence-electron chi connectivity index (χ0n) is 9.07. The zero-order chi connectivity index (χ0) is 13.1. The topological polar surface area (TPSA) is 32.6 Å². The molecule has 92 valence electrons. The highest BCUT2D eigenvalue weighted by atomic mass is 35.5. The number of aromatic hydroxyl groups is 1. The molecule has 0 radical (unpaired) electrons. The molecule has 0 atom stereocenters. The number of benzene rings is 2. The van der Waals surface area contributed by atoms with Gasteiger partial charge in [0.2, 0.25) is 0 Å². The molecule has 0 saturated carbocycles. The summed E-state index contributed by atoms with van der Waals surface area (Å²) in [4.78, 5) is 4.22. The molecule has 0 aliphatic heterocycles. The van der Waals surface area contributed by atoms with Crippen molar-refractivity contribution in [3.05, 3.63) is 57.0 Å². The molecule has 0 aliphatic carbocycles. The van der Waals surface area contributed by atoms with Crippen molar-refractivity contribution in [2.75, 3.05) is 0 Å². The minimum Gasteiger partial charge on any atom is -0.505 e. The number of hydrogen-bond donors (Lipinski definition) is 1. The normalized spacial score (nSPS) is 11.1. The molecule has 1 N–H and O–H groups in total. The summed E-state index contributed by atoms with van der Waals surface area (Å²) in [6.45, 7) is 0. The minimum atomic E-state index is -0.135. The van der Waals surface area contributed by atoms with Gasteiger partial charge in [-0.15, -0.1) is 0 Å². The second kappa shape index (κ2) is 5.61. The van der Waals surface area contributed by atoms with Crippen molar-refractivity contribution >= 4 is 46.7 Å². The van der Waals surface area contributed by atoms with E-state index in [4.69, 9.17) is 34.8 Å². The second-order valence-corrected chi connectivity index (χ2v) is 4.82. The van der Waals surface area contributed by atoms with E-state index in [9.17, 15) is 5.11 Å². The lowest BCUT2D eigenvalue weighted by Gasteiger charge is -2.01. The van der Waals surface area contributed by atoms with E-state index in [0.29, 0.717) is 10.7 Å². The number of hydrogen-bond acceptors (Lipinski definition) is 2. The molecule has 2 rings (SSSR count). The van der Waals surface area contributed by atoms with Crippen molar-refractivity contribution in [1.29, 1.82) is 0 Å². The van der Waals surface area contributed by atoms with Gasteiger partial charge in [-0.3, -0.25) is 4.99 Å². The van der Waals surface area contributed by atoms with Gasteiger partial charge in [-0.1, -0.05) is 46.9 Å². The van der Waals surface area contributed by atoms with Gasteiger partial charge < -0.3 is 5.11 Å². The van der Waals surface area contributed by atoms with Crippen LogP contribution in [0.1, 0.15) is 5.56 Å². The second-order valence-electron chi connectivity index (χ2n) is 3.57. The van der Waals surface area contributed by atoms with Gasteiger partial charge >= 0.3 is 0 Å². The Morgan fingerprint density at radius 1 is 0.944 bits per heavy atom. The molecule has 0 bridgehead atoms. The van der Waals surface area contributed by atoms with E-state index in [0.717, 1.165) is 5.56 Å². The molecule has 0 amide bonds. The zero-order valence-corrected chi connectivity index (χ0v) is 11.3. The number of halogens is 3. The van der Waals surface area contributed by atoms with E-state index in [1.165, 1.54) is 12.1 Å². The van der Waals surface area contributed by atoms with E-state index in [2.05, 4.69) is 4.99 Å². The summed E-state index contributed by atoms with van der Waals surface area (Å²) in [6, 6.07) is 10.3. The smallest absolute Gasteiger partial charge is 0.152 e. The summed E-state index contributed by atoms with van der Waals surface area (Å²) in [7, 11) is 0. The summed E-state index contributed by atoms with van der Waals surface area (Å²) in [5.41, 5.74) is 1.47. The number of phenols is 1. The van der Waals surface area contributed by atoms with Crippen molar-refractivity contribution in [2.45, 2.75) is 0 Å². The van der Waals surface area contributed by atoms with Gasteiger partial charge in [0.1, 0.15) is 0 Å². The predicted molar refractivity (Wildman–Crippen MR) is 76.8 cm³/mol. The lowest BCUT2D eigenvalue weighted by Crippen LogP contribution is -1.79. The van der Waals surface area contributed by atoms with Gasteiger partial charge in [0.15, 0.2) is 5.75 Å². The quantitative estimate of drug-likeness (QED) is 0.769. The maximum absolute atomic E-state index is 9.42. The fourth-order valence-electron chi connectivity index (χ4n) is 1.32. The van der Waals surface area contributed by atoms with Crippen LogP contribution in [0.5, 0.6) is 5.75 Å². The molecule has 2 nitrogen and oxygen atoms in total. The van der Waals surface area contributed by atoms with E-state index >= 15 is 0 Å². The van der Waals surface area contributed by atoms with Crippen LogP contribution in [-0.4, -0.2) is 11.3 Å². The van der Waals surface area contributed by atoms with Crippen LogP contribution in [0.3, 0.4) is 0 Å². The fourth-order valence-corrected chi connectivity index (χ4v) is 1.93. The monoisotopic (exact) mass is 299 g/mol. The molecule has 18 heavy (non-hydrogen) atoms. The van der Waals surface area contributed by atoms with Crippen LogP contribution in [0.4, 0.5) is 5.69 Å². The van der Waals surface area contributed by atoms with Crippen LogP contribution >= 0.6 is 34.8 Å². The summed E-state index contributed by atoms with van der Waals surface area (Å²) in [5.74, 6) is -0.135. The largest absolute Gasteiger partial charge is 0.505 e. The van der Waals surface area contributed by atoms with Crippen molar-refractivity contribution < 1.29 is 5.11 Å².